The molecule has 2 aliphatic rings. The summed E-state index contributed by atoms with van der Waals surface area (Å²) in [6.45, 7) is 22.5. The third-order valence-electron chi connectivity index (χ3n) is 14.5. The number of hydrogen-bond donors (Lipinski definition) is 0. The van der Waals surface area contributed by atoms with Gasteiger partial charge in [-0.3, -0.25) is 0 Å². The Morgan fingerprint density at radius 3 is 1.02 bits per heavy atom. The van der Waals surface area contributed by atoms with Crippen molar-refractivity contribution in [1.29, 1.82) is 0 Å². The van der Waals surface area contributed by atoms with Gasteiger partial charge in [-0.2, -0.15) is 0 Å². The van der Waals surface area contributed by atoms with Gasteiger partial charge in [0.05, 0.1) is 32.2 Å². The molecular weight excluding hydrogens is 861 g/mol. The maximum absolute atomic E-state index is 14.1. The Morgan fingerprint density at radius 2 is 0.688 bits per heavy atom. The molecular formula is C54H58N2O4S2Si2. The number of nitrogens with zero attached hydrogens (tertiary/aromatic N) is 2. The summed E-state index contributed by atoms with van der Waals surface area (Å²) in [6, 6.07) is 47.5. The first-order valence-corrected chi connectivity index (χ1v) is 29.7. The molecule has 0 amide bonds. The number of para-hydroxylation sites is 2. The summed E-state index contributed by atoms with van der Waals surface area (Å²) in [7, 11) is -12.0. The average Bonchev–Trinajstić information content (AvgIpc) is 3.98. The summed E-state index contributed by atoms with van der Waals surface area (Å²) in [5.41, 5.74) is 9.34. The molecule has 0 radical (unpaired) electrons. The van der Waals surface area contributed by atoms with Gasteiger partial charge in [-0.05, 0) is 104 Å². The van der Waals surface area contributed by atoms with Gasteiger partial charge in [-0.15, -0.1) is 0 Å². The van der Waals surface area contributed by atoms with E-state index in [0.29, 0.717) is 32.0 Å². The zero-order valence-electron chi connectivity index (χ0n) is 38.5. The quantitative estimate of drug-likeness (QED) is 0.142. The smallest absolute Gasteiger partial charge is 0.233 e. The van der Waals surface area contributed by atoms with Crippen molar-refractivity contribution in [3.63, 3.8) is 0 Å². The predicted octanol–water partition coefficient (Wildman–Crippen LogP) is 11.1. The Kier molecular flexibility index (Phi) is 10.8. The van der Waals surface area contributed by atoms with Crippen molar-refractivity contribution in [2.75, 3.05) is 0 Å². The number of aromatic nitrogens is 2. The van der Waals surface area contributed by atoms with E-state index in [2.05, 4.69) is 104 Å². The standard InChI is InChI=1S/2C27H29NO2SSi/c2*1-18(2)32(19(3)4)25-13-9-7-11-23(25)26-27(32)22-10-6-8-12-24(22)28(26)31(29,30)21-16-14-20(5)15-17-21/h2*6-19H,1-5H3. The summed E-state index contributed by atoms with van der Waals surface area (Å²) in [4.78, 5) is 0.662. The topological polar surface area (TPSA) is 78.1 Å². The third kappa shape index (κ3) is 6.05. The molecule has 0 N–H and O–H groups in total. The van der Waals surface area contributed by atoms with Crippen molar-refractivity contribution >= 4 is 78.7 Å². The number of fused-ring (bicyclic) bond motifs is 10. The Balaban J connectivity index is 0.000000162. The van der Waals surface area contributed by atoms with Gasteiger partial charge >= 0.3 is 0 Å². The van der Waals surface area contributed by atoms with Crippen LogP contribution in [0, 0.1) is 13.8 Å². The second-order valence-electron chi connectivity index (χ2n) is 19.1. The molecule has 10 rings (SSSR count). The van der Waals surface area contributed by atoms with E-state index in [1.807, 2.05) is 86.6 Å². The zero-order valence-corrected chi connectivity index (χ0v) is 42.1. The van der Waals surface area contributed by atoms with Crippen LogP contribution in [0.15, 0.2) is 155 Å². The maximum Gasteiger partial charge on any atom is 0.268 e. The first kappa shape index (κ1) is 44.0. The van der Waals surface area contributed by atoms with Gasteiger partial charge in [0.2, 0.25) is 0 Å². The highest BCUT2D eigenvalue weighted by Gasteiger charge is 2.55. The van der Waals surface area contributed by atoms with Crippen LogP contribution in [0.5, 0.6) is 0 Å². The molecule has 0 aliphatic carbocycles. The maximum atomic E-state index is 14.1. The Hall–Kier alpha value is -5.27. The third-order valence-corrected chi connectivity index (χ3v) is 30.6. The van der Waals surface area contributed by atoms with Gasteiger partial charge in [0.1, 0.15) is 16.1 Å². The van der Waals surface area contributed by atoms with E-state index in [1.165, 1.54) is 20.7 Å². The molecule has 2 aromatic heterocycles. The molecule has 328 valence electrons. The van der Waals surface area contributed by atoms with Crippen LogP contribution in [0.3, 0.4) is 0 Å². The van der Waals surface area contributed by atoms with Crippen LogP contribution in [-0.4, -0.2) is 40.9 Å². The molecule has 0 saturated carbocycles. The Bertz CT molecular complexity index is 3100. The molecule has 0 spiro atoms. The molecule has 6 aromatic carbocycles. The second-order valence-corrected chi connectivity index (χ2v) is 32.8. The lowest BCUT2D eigenvalue weighted by molar-refractivity contribution is 0.588. The highest BCUT2D eigenvalue weighted by Crippen LogP contribution is 2.47. The summed E-state index contributed by atoms with van der Waals surface area (Å²) in [5.74, 6) is 0. The largest absolute Gasteiger partial charge is 0.268 e. The fourth-order valence-corrected chi connectivity index (χ4v) is 27.9. The van der Waals surface area contributed by atoms with E-state index in [0.717, 1.165) is 55.4 Å². The van der Waals surface area contributed by atoms with E-state index in [-0.39, 0.29) is 0 Å². The molecule has 0 bridgehead atoms. The summed E-state index contributed by atoms with van der Waals surface area (Å²) >= 11 is 0. The molecule has 2 aliphatic heterocycles. The summed E-state index contributed by atoms with van der Waals surface area (Å²) in [6.07, 6.45) is 0. The van der Waals surface area contributed by atoms with Crippen molar-refractivity contribution in [3.8, 4) is 22.5 Å². The number of rotatable bonds is 8. The number of hydrogen-bond acceptors (Lipinski definition) is 4. The minimum atomic E-state index is -3.77. The fraction of sp³-hybridized carbons (Fsp3) is 0.259. The molecule has 4 heterocycles. The molecule has 0 atom stereocenters. The summed E-state index contributed by atoms with van der Waals surface area (Å²) < 4.78 is 59.8. The Morgan fingerprint density at radius 1 is 0.391 bits per heavy atom. The van der Waals surface area contributed by atoms with Crippen LogP contribution >= 0.6 is 0 Å². The van der Waals surface area contributed by atoms with Gasteiger partial charge in [0.15, 0.2) is 0 Å². The van der Waals surface area contributed by atoms with E-state index in [4.69, 9.17) is 0 Å². The van der Waals surface area contributed by atoms with Crippen molar-refractivity contribution in [2.45, 2.75) is 101 Å². The molecule has 0 unspecified atom stereocenters. The first-order valence-electron chi connectivity index (χ1n) is 22.6. The van der Waals surface area contributed by atoms with E-state index in [9.17, 15) is 16.8 Å². The van der Waals surface area contributed by atoms with Gasteiger partial charge in [0, 0.05) is 10.8 Å². The Labute approximate surface area is 381 Å². The van der Waals surface area contributed by atoms with Crippen LogP contribution in [0.25, 0.3) is 44.3 Å². The van der Waals surface area contributed by atoms with E-state index >= 15 is 0 Å². The monoisotopic (exact) mass is 918 g/mol. The molecule has 0 saturated heterocycles. The highest BCUT2D eigenvalue weighted by atomic mass is 32.2. The van der Waals surface area contributed by atoms with Crippen molar-refractivity contribution < 1.29 is 16.8 Å². The van der Waals surface area contributed by atoms with Crippen LogP contribution < -0.4 is 20.7 Å². The van der Waals surface area contributed by atoms with Crippen molar-refractivity contribution in [2.24, 2.45) is 0 Å². The predicted molar refractivity (Wildman–Crippen MR) is 273 cm³/mol. The van der Waals surface area contributed by atoms with E-state index in [1.54, 1.807) is 32.2 Å². The van der Waals surface area contributed by atoms with E-state index < -0.39 is 36.2 Å². The minimum absolute atomic E-state index is 0.331. The zero-order chi connectivity index (χ0) is 45.7. The minimum Gasteiger partial charge on any atom is -0.233 e. The van der Waals surface area contributed by atoms with Gasteiger partial charge in [-0.25, -0.2) is 24.8 Å². The van der Waals surface area contributed by atoms with Gasteiger partial charge in [0.25, 0.3) is 20.0 Å². The van der Waals surface area contributed by atoms with Gasteiger partial charge < -0.3 is 0 Å². The fourth-order valence-electron chi connectivity index (χ4n) is 12.0. The molecule has 0 fully saturated rings. The van der Waals surface area contributed by atoms with Crippen LogP contribution in [0.1, 0.15) is 66.5 Å². The van der Waals surface area contributed by atoms with Crippen molar-refractivity contribution in [3.05, 3.63) is 157 Å². The lowest BCUT2D eigenvalue weighted by Gasteiger charge is -2.37. The van der Waals surface area contributed by atoms with Crippen molar-refractivity contribution in [1.82, 2.24) is 7.94 Å². The molecule has 6 nitrogen and oxygen atoms in total. The molecule has 64 heavy (non-hydrogen) atoms. The second kappa shape index (κ2) is 15.7. The number of benzene rings is 6. The lowest BCUT2D eigenvalue weighted by Crippen LogP contribution is -2.60. The molecule has 10 heteroatoms. The van der Waals surface area contributed by atoms with Crippen LogP contribution in [0.2, 0.25) is 22.2 Å². The summed E-state index contributed by atoms with van der Waals surface area (Å²) in [5, 5.41) is 7.49. The first-order chi connectivity index (χ1) is 30.4. The average molecular weight is 919 g/mol. The van der Waals surface area contributed by atoms with Crippen LogP contribution in [0.4, 0.5) is 0 Å². The normalized spacial score (nSPS) is 14.8. The lowest BCUT2D eigenvalue weighted by atomic mass is 10.1. The highest BCUT2D eigenvalue weighted by molar-refractivity contribution is 7.90. The molecule has 8 aromatic rings. The van der Waals surface area contributed by atoms with Crippen LogP contribution in [-0.2, 0) is 20.0 Å². The van der Waals surface area contributed by atoms with Gasteiger partial charge in [-0.1, -0.05) is 176 Å². The number of aryl methyl sites for hydroxylation is 2. The SMILES string of the molecule is Cc1ccc(S(=O)(=O)n2c3c(c4ccccc42)[Si](C(C)C)(C(C)C)c2ccccc2-3)cc1.Cc1ccc(S(=O)(=O)n2c3c(c4ccccc42)[Si](C(C)C)(C(C)C)c2ccccc2-3)cc1.